The fourth-order valence-electron chi connectivity index (χ4n) is 2.09. The molecule has 4 nitrogen and oxygen atoms in total. The molecular weight excluding hydrogens is 245 g/mol. The van der Waals surface area contributed by atoms with Crippen molar-refractivity contribution in [3.05, 3.63) is 53.6 Å². The molecule has 5 heteroatoms. The van der Waals surface area contributed by atoms with Gasteiger partial charge in [-0.25, -0.2) is 4.98 Å². The summed E-state index contributed by atoms with van der Waals surface area (Å²) in [6.07, 6.45) is 2.28. The van der Waals surface area contributed by atoms with Crippen molar-refractivity contribution in [2.75, 3.05) is 17.2 Å². The van der Waals surface area contributed by atoms with Crippen molar-refractivity contribution in [2.45, 2.75) is 6.42 Å². The van der Waals surface area contributed by atoms with E-state index in [1.807, 2.05) is 12.1 Å². The van der Waals surface area contributed by atoms with Crippen LogP contribution in [0.3, 0.4) is 0 Å². The van der Waals surface area contributed by atoms with E-state index in [1.165, 1.54) is 23.9 Å². The SMILES string of the molecule is O=C(Nc1ccc(F)nc1)c1ccc2c(c1)NCC2. The Bertz CT molecular complexity index is 625. The Kier molecular flexibility index (Phi) is 2.87. The lowest BCUT2D eigenvalue weighted by molar-refractivity contribution is 0.102. The van der Waals surface area contributed by atoms with Crippen LogP contribution in [0.15, 0.2) is 36.5 Å². The van der Waals surface area contributed by atoms with Crippen molar-refractivity contribution in [1.29, 1.82) is 0 Å². The molecule has 2 aromatic rings. The molecule has 0 aliphatic carbocycles. The van der Waals surface area contributed by atoms with Gasteiger partial charge in [-0.3, -0.25) is 4.79 Å². The summed E-state index contributed by atoms with van der Waals surface area (Å²) in [5, 5.41) is 5.91. The lowest BCUT2D eigenvalue weighted by Crippen LogP contribution is -2.12. The highest BCUT2D eigenvalue weighted by molar-refractivity contribution is 6.04. The number of anilines is 2. The molecule has 19 heavy (non-hydrogen) atoms. The Hall–Kier alpha value is -2.43. The molecule has 2 heterocycles. The number of benzene rings is 1. The molecule has 0 atom stereocenters. The number of nitrogens with one attached hydrogen (secondary N) is 2. The van der Waals surface area contributed by atoms with Crippen molar-refractivity contribution < 1.29 is 9.18 Å². The predicted molar refractivity (Wildman–Crippen MR) is 70.8 cm³/mol. The van der Waals surface area contributed by atoms with Gasteiger partial charge in [0.05, 0.1) is 11.9 Å². The zero-order chi connectivity index (χ0) is 13.2. The third-order valence-corrected chi connectivity index (χ3v) is 3.07. The molecule has 0 bridgehead atoms. The van der Waals surface area contributed by atoms with Crippen LogP contribution in [0.4, 0.5) is 15.8 Å². The fourth-order valence-corrected chi connectivity index (χ4v) is 2.09. The summed E-state index contributed by atoms with van der Waals surface area (Å²) in [6.45, 7) is 0.905. The van der Waals surface area contributed by atoms with Crippen LogP contribution in [-0.2, 0) is 6.42 Å². The normalized spacial score (nSPS) is 12.7. The van der Waals surface area contributed by atoms with Gasteiger partial charge >= 0.3 is 0 Å². The average molecular weight is 257 g/mol. The quantitative estimate of drug-likeness (QED) is 0.812. The molecule has 96 valence electrons. The molecule has 0 spiro atoms. The maximum absolute atomic E-state index is 12.7. The Labute approximate surface area is 109 Å². The molecule has 1 aliphatic rings. The van der Waals surface area contributed by atoms with Crippen molar-refractivity contribution in [3.63, 3.8) is 0 Å². The zero-order valence-corrected chi connectivity index (χ0v) is 10.1. The smallest absolute Gasteiger partial charge is 0.255 e. The summed E-state index contributed by atoms with van der Waals surface area (Å²) < 4.78 is 12.7. The van der Waals surface area contributed by atoms with Crippen LogP contribution in [0.1, 0.15) is 15.9 Å². The second-order valence-electron chi connectivity index (χ2n) is 4.37. The van der Waals surface area contributed by atoms with E-state index in [-0.39, 0.29) is 5.91 Å². The van der Waals surface area contributed by atoms with Crippen LogP contribution in [0.25, 0.3) is 0 Å². The minimum atomic E-state index is -0.570. The Balaban J connectivity index is 1.78. The van der Waals surface area contributed by atoms with Gasteiger partial charge < -0.3 is 10.6 Å². The minimum Gasteiger partial charge on any atom is -0.384 e. The summed E-state index contributed by atoms with van der Waals surface area (Å²) in [6, 6.07) is 8.26. The lowest BCUT2D eigenvalue weighted by Gasteiger charge is -2.06. The van der Waals surface area contributed by atoms with Crippen molar-refractivity contribution in [2.24, 2.45) is 0 Å². The summed E-state index contributed by atoms with van der Waals surface area (Å²) in [5.74, 6) is -0.801. The van der Waals surface area contributed by atoms with Crippen LogP contribution in [0, 0.1) is 5.95 Å². The number of carbonyl (C=O) groups is 1. The Morgan fingerprint density at radius 2 is 2.21 bits per heavy atom. The highest BCUT2D eigenvalue weighted by Crippen LogP contribution is 2.23. The third-order valence-electron chi connectivity index (χ3n) is 3.07. The van der Waals surface area contributed by atoms with Gasteiger partial charge in [0.2, 0.25) is 5.95 Å². The second-order valence-corrected chi connectivity index (χ2v) is 4.37. The van der Waals surface area contributed by atoms with Gasteiger partial charge in [-0.1, -0.05) is 6.07 Å². The highest BCUT2D eigenvalue weighted by Gasteiger charge is 2.13. The van der Waals surface area contributed by atoms with E-state index >= 15 is 0 Å². The molecule has 0 saturated heterocycles. The molecule has 1 aliphatic heterocycles. The monoisotopic (exact) mass is 257 g/mol. The van der Waals surface area contributed by atoms with E-state index in [1.54, 1.807) is 6.07 Å². The molecule has 0 fully saturated rings. The number of hydrogen-bond acceptors (Lipinski definition) is 3. The van der Waals surface area contributed by atoms with Gasteiger partial charge in [0.1, 0.15) is 0 Å². The number of pyridine rings is 1. The first-order valence-corrected chi connectivity index (χ1v) is 6.02. The molecule has 0 unspecified atom stereocenters. The van der Waals surface area contributed by atoms with Crippen molar-refractivity contribution in [1.82, 2.24) is 4.98 Å². The first-order chi connectivity index (χ1) is 9.22. The van der Waals surface area contributed by atoms with Crippen LogP contribution in [0.2, 0.25) is 0 Å². The first-order valence-electron chi connectivity index (χ1n) is 6.02. The van der Waals surface area contributed by atoms with E-state index in [0.29, 0.717) is 11.3 Å². The van der Waals surface area contributed by atoms with E-state index in [9.17, 15) is 9.18 Å². The van der Waals surface area contributed by atoms with Gasteiger partial charge in [0.25, 0.3) is 5.91 Å². The fraction of sp³-hybridized carbons (Fsp3) is 0.143. The lowest BCUT2D eigenvalue weighted by atomic mass is 10.1. The Morgan fingerprint density at radius 3 is 3.00 bits per heavy atom. The second kappa shape index (κ2) is 4.68. The summed E-state index contributed by atoms with van der Waals surface area (Å²) >= 11 is 0. The number of carbonyl (C=O) groups excluding carboxylic acids is 1. The zero-order valence-electron chi connectivity index (χ0n) is 10.1. The minimum absolute atomic E-state index is 0.232. The van der Waals surface area contributed by atoms with Gasteiger partial charge in [0, 0.05) is 17.8 Å². The molecule has 0 radical (unpaired) electrons. The number of halogens is 1. The summed E-state index contributed by atoms with van der Waals surface area (Å²) in [4.78, 5) is 15.5. The number of fused-ring (bicyclic) bond motifs is 1. The third kappa shape index (κ3) is 2.40. The number of aromatic nitrogens is 1. The molecule has 1 amide bonds. The van der Waals surface area contributed by atoms with Gasteiger partial charge in [-0.15, -0.1) is 0 Å². The summed E-state index contributed by atoms with van der Waals surface area (Å²) in [5.41, 5.74) is 3.27. The molecular formula is C14H12FN3O. The molecule has 0 saturated carbocycles. The topological polar surface area (TPSA) is 54.0 Å². The van der Waals surface area contributed by atoms with Crippen LogP contribution < -0.4 is 10.6 Å². The maximum atomic E-state index is 12.7. The molecule has 2 N–H and O–H groups in total. The molecule has 3 rings (SSSR count). The van der Waals surface area contributed by atoms with E-state index < -0.39 is 5.95 Å². The van der Waals surface area contributed by atoms with Gasteiger partial charge in [-0.2, -0.15) is 4.39 Å². The van der Waals surface area contributed by atoms with E-state index in [2.05, 4.69) is 15.6 Å². The van der Waals surface area contributed by atoms with Crippen molar-refractivity contribution in [3.8, 4) is 0 Å². The largest absolute Gasteiger partial charge is 0.384 e. The number of amides is 1. The average Bonchev–Trinajstić information content (AvgIpc) is 2.88. The Morgan fingerprint density at radius 1 is 1.32 bits per heavy atom. The van der Waals surface area contributed by atoms with Gasteiger partial charge in [0.15, 0.2) is 0 Å². The van der Waals surface area contributed by atoms with E-state index in [0.717, 1.165) is 18.7 Å². The molecule has 1 aromatic heterocycles. The highest BCUT2D eigenvalue weighted by atomic mass is 19.1. The van der Waals surface area contributed by atoms with Crippen LogP contribution >= 0.6 is 0 Å². The van der Waals surface area contributed by atoms with E-state index in [4.69, 9.17) is 0 Å². The van der Waals surface area contributed by atoms with Crippen LogP contribution in [-0.4, -0.2) is 17.4 Å². The maximum Gasteiger partial charge on any atom is 0.255 e. The standard InChI is InChI=1S/C14H12FN3O/c15-13-4-3-11(8-17-13)18-14(19)10-2-1-9-5-6-16-12(9)7-10/h1-4,7-8,16H,5-6H2,(H,18,19). The van der Waals surface area contributed by atoms with Crippen LogP contribution in [0.5, 0.6) is 0 Å². The first kappa shape index (κ1) is 11.6. The number of rotatable bonds is 2. The molecule has 1 aromatic carbocycles. The summed E-state index contributed by atoms with van der Waals surface area (Å²) in [7, 11) is 0. The number of hydrogen-bond donors (Lipinski definition) is 2. The predicted octanol–water partition coefficient (Wildman–Crippen LogP) is 2.44. The van der Waals surface area contributed by atoms with Crippen molar-refractivity contribution >= 4 is 17.3 Å². The number of nitrogens with zero attached hydrogens (tertiary/aromatic N) is 1. The van der Waals surface area contributed by atoms with Gasteiger partial charge in [-0.05, 0) is 36.2 Å².